The highest BCUT2D eigenvalue weighted by Crippen LogP contribution is 2.37. The molecule has 2 atom stereocenters. The minimum atomic E-state index is -0.154. The number of aromatic nitrogens is 3. The number of thioether (sulfide) groups is 1. The van der Waals surface area contributed by atoms with E-state index in [2.05, 4.69) is 16.3 Å². The van der Waals surface area contributed by atoms with E-state index in [1.807, 2.05) is 25.3 Å². The lowest BCUT2D eigenvalue weighted by Gasteiger charge is -2.18. The summed E-state index contributed by atoms with van der Waals surface area (Å²) in [5.41, 5.74) is 5.91. The Morgan fingerprint density at radius 1 is 1.63 bits per heavy atom. The number of hydrogen-bond acceptors (Lipinski definition) is 5. The fourth-order valence-corrected chi connectivity index (χ4v) is 3.97. The maximum atomic E-state index is 11.7. The summed E-state index contributed by atoms with van der Waals surface area (Å²) in [5, 5.41) is 9.48. The highest BCUT2D eigenvalue weighted by atomic mass is 32.2. The van der Waals surface area contributed by atoms with Crippen LogP contribution in [0.2, 0.25) is 0 Å². The van der Waals surface area contributed by atoms with Crippen molar-refractivity contribution in [1.82, 2.24) is 14.8 Å². The van der Waals surface area contributed by atoms with E-state index in [0.717, 1.165) is 6.42 Å². The van der Waals surface area contributed by atoms with Gasteiger partial charge in [-0.15, -0.1) is 16.4 Å². The number of thiophene rings is 1. The normalized spacial score (nSPS) is 14.5. The van der Waals surface area contributed by atoms with E-state index in [9.17, 15) is 4.79 Å². The smallest absolute Gasteiger partial charge is 0.327 e. The van der Waals surface area contributed by atoms with E-state index >= 15 is 0 Å². The quantitative estimate of drug-likeness (QED) is 0.802. The van der Waals surface area contributed by atoms with Crippen molar-refractivity contribution in [2.24, 2.45) is 5.73 Å². The third-order valence-corrected chi connectivity index (χ3v) is 5.27. The van der Waals surface area contributed by atoms with E-state index in [1.54, 1.807) is 27.7 Å². The first-order valence-corrected chi connectivity index (χ1v) is 8.00. The number of nitrogens with two attached hydrogens (primary N) is 1. The Kier molecular flexibility index (Phi) is 4.84. The molecule has 0 spiro atoms. The molecule has 0 aliphatic rings. The summed E-state index contributed by atoms with van der Waals surface area (Å²) >= 11 is 3.23. The number of nitrogens with one attached hydrogen (secondary N) is 1. The zero-order valence-electron chi connectivity index (χ0n) is 11.0. The zero-order chi connectivity index (χ0) is 13.8. The van der Waals surface area contributed by atoms with Crippen LogP contribution in [0.25, 0.3) is 0 Å². The Hall–Kier alpha value is -1.05. The van der Waals surface area contributed by atoms with Crippen molar-refractivity contribution in [1.29, 1.82) is 0 Å². The minimum Gasteiger partial charge on any atom is -0.327 e. The Morgan fingerprint density at radius 2 is 2.42 bits per heavy atom. The molecule has 2 heterocycles. The van der Waals surface area contributed by atoms with Gasteiger partial charge in [-0.1, -0.05) is 24.8 Å². The van der Waals surface area contributed by atoms with Crippen LogP contribution in [0.15, 0.2) is 27.5 Å². The molecule has 0 radical (unpaired) electrons. The van der Waals surface area contributed by atoms with Gasteiger partial charge in [-0.2, -0.15) is 0 Å². The molecule has 0 saturated heterocycles. The molecule has 19 heavy (non-hydrogen) atoms. The number of nitrogens with zero attached hydrogens (tertiary/aromatic N) is 2. The largest absolute Gasteiger partial charge is 0.343 e. The van der Waals surface area contributed by atoms with Crippen molar-refractivity contribution in [2.45, 2.75) is 43.3 Å². The highest BCUT2D eigenvalue weighted by molar-refractivity contribution is 7.99. The molecule has 2 aromatic rings. The molecule has 0 saturated carbocycles. The van der Waals surface area contributed by atoms with Crippen LogP contribution in [0.4, 0.5) is 0 Å². The highest BCUT2D eigenvalue weighted by Gasteiger charge is 2.22. The van der Waals surface area contributed by atoms with Crippen LogP contribution in [0.3, 0.4) is 0 Å². The number of rotatable bonds is 6. The molecular formula is C12H18N4OS2. The van der Waals surface area contributed by atoms with Crippen LogP contribution in [-0.4, -0.2) is 20.8 Å². The fourth-order valence-electron chi connectivity index (χ4n) is 1.81. The second kappa shape index (κ2) is 6.40. The number of H-pyrrole nitrogens is 1. The summed E-state index contributed by atoms with van der Waals surface area (Å²) in [4.78, 5) is 12.9. The first kappa shape index (κ1) is 14.4. The Balaban J connectivity index is 2.25. The maximum absolute atomic E-state index is 11.7. The Morgan fingerprint density at radius 3 is 3.00 bits per heavy atom. The van der Waals surface area contributed by atoms with Crippen molar-refractivity contribution >= 4 is 23.1 Å². The topological polar surface area (TPSA) is 76.7 Å². The lowest BCUT2D eigenvalue weighted by molar-refractivity contribution is 0.600. The molecule has 2 aromatic heterocycles. The summed E-state index contributed by atoms with van der Waals surface area (Å²) in [6.45, 7) is 4.69. The lowest BCUT2D eigenvalue weighted by atomic mass is 10.2. The molecule has 0 aromatic carbocycles. The molecule has 0 bridgehead atoms. The van der Waals surface area contributed by atoms with Gasteiger partial charge in [0.05, 0.1) is 5.25 Å². The van der Waals surface area contributed by atoms with E-state index < -0.39 is 0 Å². The number of hydrogen-bond donors (Lipinski definition) is 2. The molecule has 104 valence electrons. The third-order valence-electron chi connectivity index (χ3n) is 2.70. The molecule has 2 unspecified atom stereocenters. The minimum absolute atomic E-state index is 0.00877. The van der Waals surface area contributed by atoms with Gasteiger partial charge >= 0.3 is 5.69 Å². The van der Waals surface area contributed by atoms with E-state index in [-0.39, 0.29) is 17.0 Å². The second-order valence-corrected chi connectivity index (χ2v) is 6.46. The van der Waals surface area contributed by atoms with Crippen molar-refractivity contribution in [2.75, 3.05) is 0 Å². The summed E-state index contributed by atoms with van der Waals surface area (Å²) in [6, 6.07) is 4.07. The molecule has 7 heteroatoms. The standard InChI is InChI=1S/C12H18N4OS2/c1-3-6-16-11(17)14-15-12(16)19-10(8(2)13)9-5-4-7-18-9/h4-5,7-8,10H,3,6,13H2,1-2H3,(H,14,17). The van der Waals surface area contributed by atoms with Crippen LogP contribution in [0.1, 0.15) is 30.4 Å². The molecular weight excluding hydrogens is 280 g/mol. The van der Waals surface area contributed by atoms with Gasteiger partial charge in [0, 0.05) is 17.5 Å². The molecule has 2 rings (SSSR count). The maximum Gasteiger partial charge on any atom is 0.343 e. The predicted molar refractivity (Wildman–Crippen MR) is 79.7 cm³/mol. The second-order valence-electron chi connectivity index (χ2n) is 4.38. The van der Waals surface area contributed by atoms with Gasteiger partial charge in [0.2, 0.25) is 0 Å². The molecule has 0 aliphatic heterocycles. The molecule has 5 nitrogen and oxygen atoms in total. The predicted octanol–water partition coefficient (Wildman–Crippen LogP) is 2.22. The van der Waals surface area contributed by atoms with Crippen LogP contribution < -0.4 is 11.4 Å². The van der Waals surface area contributed by atoms with E-state index in [1.165, 1.54) is 4.88 Å². The van der Waals surface area contributed by atoms with Crippen LogP contribution in [0.5, 0.6) is 0 Å². The summed E-state index contributed by atoms with van der Waals surface area (Å²) in [7, 11) is 0. The van der Waals surface area contributed by atoms with Crippen LogP contribution >= 0.6 is 23.1 Å². The summed E-state index contributed by atoms with van der Waals surface area (Å²) < 4.78 is 1.67. The average Bonchev–Trinajstić information content (AvgIpc) is 2.99. The van der Waals surface area contributed by atoms with E-state index in [0.29, 0.717) is 11.7 Å². The molecule has 0 amide bonds. The summed E-state index contributed by atoms with van der Waals surface area (Å²) in [5.74, 6) is 0. The summed E-state index contributed by atoms with van der Waals surface area (Å²) in [6.07, 6.45) is 0.898. The SMILES string of the molecule is CCCn1c(SC(c2cccs2)C(C)N)n[nH]c1=O. The van der Waals surface area contributed by atoms with E-state index in [4.69, 9.17) is 5.73 Å². The van der Waals surface area contributed by atoms with Gasteiger partial charge in [0.25, 0.3) is 0 Å². The number of aromatic amines is 1. The molecule has 0 fully saturated rings. The fraction of sp³-hybridized carbons (Fsp3) is 0.500. The van der Waals surface area contributed by atoms with Crippen molar-refractivity contribution in [3.05, 3.63) is 32.9 Å². The lowest BCUT2D eigenvalue weighted by Crippen LogP contribution is -2.23. The Bertz CT molecular complexity index is 559. The van der Waals surface area contributed by atoms with Crippen molar-refractivity contribution < 1.29 is 0 Å². The van der Waals surface area contributed by atoms with Crippen LogP contribution in [-0.2, 0) is 6.54 Å². The Labute approximate surface area is 120 Å². The van der Waals surface area contributed by atoms with Crippen molar-refractivity contribution in [3.63, 3.8) is 0 Å². The monoisotopic (exact) mass is 298 g/mol. The van der Waals surface area contributed by atoms with Gasteiger partial charge in [0.1, 0.15) is 0 Å². The van der Waals surface area contributed by atoms with Gasteiger partial charge in [-0.3, -0.25) is 4.57 Å². The zero-order valence-corrected chi connectivity index (χ0v) is 12.6. The van der Waals surface area contributed by atoms with Gasteiger partial charge < -0.3 is 5.73 Å². The third kappa shape index (κ3) is 3.29. The average molecular weight is 298 g/mol. The van der Waals surface area contributed by atoms with Crippen LogP contribution in [0, 0.1) is 0 Å². The van der Waals surface area contributed by atoms with Gasteiger partial charge in [0.15, 0.2) is 5.16 Å². The molecule has 0 aliphatic carbocycles. The van der Waals surface area contributed by atoms with Gasteiger partial charge in [-0.05, 0) is 24.8 Å². The first-order chi connectivity index (χ1) is 9.13. The first-order valence-electron chi connectivity index (χ1n) is 6.24. The van der Waals surface area contributed by atoms with Gasteiger partial charge in [-0.25, -0.2) is 9.89 Å². The van der Waals surface area contributed by atoms with Crippen molar-refractivity contribution in [3.8, 4) is 0 Å². The molecule has 3 N–H and O–H groups in total.